The van der Waals surface area contributed by atoms with Gasteiger partial charge in [-0.1, -0.05) is 62.8 Å². The number of carbonyl (C=O) groups excluding carboxylic acids is 2. The maximum atomic E-state index is 14.2. The SMILES string of the molecule is C.CC[C@H]1OC(=O)[C@H](C)[C@@H](O[C@H]2CC(C)(C)[C@@H](O)[C@H](C)O2)[C@H](C)[C@@H](O[C@@H]2O[C@H](C)C[C@H](N(C)C)[C@H]2O)[C@@](C)(O)C[C@@H](C)C(=O)[C@H](C)[C@@H](O)C1(C)C. The fraction of sp³-hybridized carbons (Fsp3) is 0.949. The maximum Gasteiger partial charge on any atom is 0.311 e. The molecule has 0 aromatic rings. The first-order valence-electron chi connectivity index (χ1n) is 18.7. The van der Waals surface area contributed by atoms with E-state index in [0.717, 1.165) is 0 Å². The molecule has 16 atom stereocenters. The van der Waals surface area contributed by atoms with Crippen LogP contribution in [0.15, 0.2) is 0 Å². The molecular weight excluding hydrogens is 658 g/mol. The molecule has 0 amide bonds. The van der Waals surface area contributed by atoms with E-state index in [0.29, 0.717) is 19.3 Å². The molecule has 0 saturated carbocycles. The smallest absolute Gasteiger partial charge is 0.311 e. The summed E-state index contributed by atoms with van der Waals surface area (Å²) in [6, 6.07) is -0.286. The van der Waals surface area contributed by atoms with Gasteiger partial charge in [0.15, 0.2) is 12.6 Å². The molecule has 3 heterocycles. The number of carbonyl (C=O) groups is 2. The predicted molar refractivity (Wildman–Crippen MR) is 195 cm³/mol. The highest BCUT2D eigenvalue weighted by molar-refractivity contribution is 5.83. The van der Waals surface area contributed by atoms with Gasteiger partial charge >= 0.3 is 5.97 Å². The van der Waals surface area contributed by atoms with Crippen LogP contribution in [0.2, 0.25) is 0 Å². The summed E-state index contributed by atoms with van der Waals surface area (Å²) in [5.74, 6) is -3.97. The van der Waals surface area contributed by atoms with Crippen molar-refractivity contribution in [3.8, 4) is 0 Å². The summed E-state index contributed by atoms with van der Waals surface area (Å²) in [6.45, 7) is 21.5. The van der Waals surface area contributed by atoms with E-state index in [2.05, 4.69) is 0 Å². The van der Waals surface area contributed by atoms with Gasteiger partial charge in [0.25, 0.3) is 0 Å². The van der Waals surface area contributed by atoms with E-state index in [4.69, 9.17) is 23.7 Å². The number of cyclic esters (lactones) is 1. The summed E-state index contributed by atoms with van der Waals surface area (Å²) in [7, 11) is 3.75. The molecule has 3 rings (SSSR count). The number of esters is 1. The third-order valence-corrected chi connectivity index (χ3v) is 12.0. The lowest BCUT2D eigenvalue weighted by molar-refractivity contribution is -0.312. The zero-order valence-corrected chi connectivity index (χ0v) is 33.1. The minimum Gasteiger partial charge on any atom is -0.461 e. The first-order chi connectivity index (χ1) is 22.9. The van der Waals surface area contributed by atoms with Gasteiger partial charge in [0.2, 0.25) is 0 Å². The van der Waals surface area contributed by atoms with Crippen LogP contribution in [0, 0.1) is 34.5 Å². The Labute approximate surface area is 307 Å². The summed E-state index contributed by atoms with van der Waals surface area (Å²) in [4.78, 5) is 30.0. The van der Waals surface area contributed by atoms with E-state index < -0.39 is 101 Å². The van der Waals surface area contributed by atoms with Crippen molar-refractivity contribution in [2.75, 3.05) is 14.1 Å². The second-order valence-corrected chi connectivity index (χ2v) is 17.5. The third-order valence-electron chi connectivity index (χ3n) is 12.0. The van der Waals surface area contributed by atoms with Gasteiger partial charge in [0.05, 0.1) is 48.1 Å². The van der Waals surface area contributed by atoms with E-state index in [-0.39, 0.29) is 31.8 Å². The van der Waals surface area contributed by atoms with Gasteiger partial charge in [-0.2, -0.15) is 0 Å². The average Bonchev–Trinajstić information content (AvgIpc) is 3.01. The van der Waals surface area contributed by atoms with Crippen molar-refractivity contribution in [3.63, 3.8) is 0 Å². The second kappa shape index (κ2) is 17.5. The number of nitrogens with zero attached hydrogens (tertiary/aromatic N) is 1. The topological polar surface area (TPSA) is 164 Å². The molecule has 0 aromatic carbocycles. The molecule has 0 bridgehead atoms. The number of ether oxygens (including phenoxy) is 5. The van der Waals surface area contributed by atoms with Gasteiger partial charge in [-0.25, -0.2) is 0 Å². The first kappa shape index (κ1) is 45.9. The molecule has 0 unspecified atom stereocenters. The zero-order valence-electron chi connectivity index (χ0n) is 33.1. The molecule has 0 spiro atoms. The molecule has 0 aromatic heterocycles. The van der Waals surface area contributed by atoms with Gasteiger partial charge < -0.3 is 49.0 Å². The number of aliphatic hydroxyl groups excluding tert-OH is 3. The highest BCUT2D eigenvalue weighted by atomic mass is 16.7. The summed E-state index contributed by atoms with van der Waals surface area (Å²) in [5, 5.41) is 46.3. The van der Waals surface area contributed by atoms with Gasteiger partial charge in [0.1, 0.15) is 18.0 Å². The minimum absolute atomic E-state index is 0. The number of ketones is 1. The summed E-state index contributed by atoms with van der Waals surface area (Å²) >= 11 is 0. The summed E-state index contributed by atoms with van der Waals surface area (Å²) in [5.41, 5.74) is -3.24. The molecule has 3 fully saturated rings. The van der Waals surface area contributed by atoms with E-state index >= 15 is 0 Å². The molecule has 3 aliphatic heterocycles. The van der Waals surface area contributed by atoms with Crippen molar-refractivity contribution in [1.29, 1.82) is 0 Å². The number of likely N-dealkylation sites (N-methyl/N-ethyl adjacent to an activating group) is 1. The number of aliphatic hydroxyl groups is 4. The average molecular weight is 732 g/mol. The second-order valence-electron chi connectivity index (χ2n) is 17.5. The van der Waals surface area contributed by atoms with Crippen molar-refractivity contribution < 1.29 is 53.7 Å². The standard InChI is InChI=1S/C38H69NO11.CH4/c1-15-26-37(10,11)31(42)21(4)28(40)19(2)17-38(12,45)33(50-35-29(41)25(39(13)14)16-20(3)46-35)22(5)30(23(6)34(44)48-26)49-27-18-36(8,9)32(43)24(7)47-27;/h19-27,29-33,35,41-43,45H,15-18H2,1-14H3;1H4/t19-,20-,21+,22+,23-,24+,25+,26-,27+,29-,30+,31-,32+,33-,35+,38+;/m1./s1. The van der Waals surface area contributed by atoms with Crippen LogP contribution >= 0.6 is 0 Å². The van der Waals surface area contributed by atoms with E-state index in [1.807, 2.05) is 53.6 Å². The van der Waals surface area contributed by atoms with Crippen molar-refractivity contribution in [2.45, 2.75) is 189 Å². The first-order valence-corrected chi connectivity index (χ1v) is 18.7. The Morgan fingerprint density at radius 1 is 0.863 bits per heavy atom. The minimum atomic E-state index is -1.70. The van der Waals surface area contributed by atoms with Crippen LogP contribution in [0.4, 0.5) is 0 Å². The molecule has 4 N–H and O–H groups in total. The number of hydrogen-bond acceptors (Lipinski definition) is 12. The fourth-order valence-corrected chi connectivity index (χ4v) is 8.73. The van der Waals surface area contributed by atoms with Crippen molar-refractivity contribution in [1.82, 2.24) is 4.90 Å². The highest BCUT2D eigenvalue weighted by Crippen LogP contribution is 2.42. The zero-order chi connectivity index (χ0) is 38.3. The Hall–Kier alpha value is -1.22. The van der Waals surface area contributed by atoms with Gasteiger partial charge in [0, 0.05) is 35.6 Å². The maximum absolute atomic E-state index is 14.2. The van der Waals surface area contributed by atoms with Crippen LogP contribution in [0.3, 0.4) is 0 Å². The van der Waals surface area contributed by atoms with Crippen LogP contribution in [-0.4, -0.2) is 124 Å². The Balaban J connectivity index is 0.00000901. The highest BCUT2D eigenvalue weighted by Gasteiger charge is 2.52. The van der Waals surface area contributed by atoms with Crippen LogP contribution in [0.25, 0.3) is 0 Å². The summed E-state index contributed by atoms with van der Waals surface area (Å²) < 4.78 is 31.8. The molecule has 12 heteroatoms. The molecule has 12 nitrogen and oxygen atoms in total. The molecule has 300 valence electrons. The predicted octanol–water partition coefficient (Wildman–Crippen LogP) is 4.32. The van der Waals surface area contributed by atoms with Gasteiger partial charge in [-0.05, 0) is 66.5 Å². The Morgan fingerprint density at radius 2 is 1.45 bits per heavy atom. The Morgan fingerprint density at radius 3 is 1.98 bits per heavy atom. The lowest BCUT2D eigenvalue weighted by Crippen LogP contribution is -2.60. The van der Waals surface area contributed by atoms with Gasteiger partial charge in [-0.3, -0.25) is 9.59 Å². The molecule has 0 aliphatic carbocycles. The normalized spacial score (nSPS) is 45.7. The number of hydrogen-bond donors (Lipinski definition) is 4. The lowest BCUT2D eigenvalue weighted by atomic mass is 9.70. The number of Topliss-reactive ketones (excluding diaryl/α,β-unsaturated/α-hetero) is 1. The quantitative estimate of drug-likeness (QED) is 0.287. The molecule has 3 aliphatic rings. The van der Waals surface area contributed by atoms with E-state index in [1.54, 1.807) is 48.5 Å². The largest absolute Gasteiger partial charge is 0.461 e. The van der Waals surface area contributed by atoms with Crippen molar-refractivity contribution in [2.24, 2.45) is 34.5 Å². The van der Waals surface area contributed by atoms with Crippen molar-refractivity contribution in [3.05, 3.63) is 0 Å². The monoisotopic (exact) mass is 732 g/mol. The third kappa shape index (κ3) is 10.1. The lowest BCUT2D eigenvalue weighted by Gasteiger charge is -2.49. The molecule has 0 radical (unpaired) electrons. The van der Waals surface area contributed by atoms with Crippen LogP contribution < -0.4 is 0 Å². The van der Waals surface area contributed by atoms with Gasteiger partial charge in [-0.15, -0.1) is 0 Å². The van der Waals surface area contributed by atoms with E-state index in [1.165, 1.54) is 0 Å². The summed E-state index contributed by atoms with van der Waals surface area (Å²) in [6.07, 6.45) is -7.23. The van der Waals surface area contributed by atoms with E-state index in [9.17, 15) is 30.0 Å². The van der Waals surface area contributed by atoms with Crippen molar-refractivity contribution >= 4 is 11.8 Å². The van der Waals surface area contributed by atoms with Crippen LogP contribution in [-0.2, 0) is 33.3 Å². The number of rotatable bonds is 6. The van der Waals surface area contributed by atoms with Crippen LogP contribution in [0.1, 0.15) is 116 Å². The van der Waals surface area contributed by atoms with Crippen LogP contribution in [0.5, 0.6) is 0 Å². The Bertz CT molecular complexity index is 1140. The fourth-order valence-electron chi connectivity index (χ4n) is 8.73. The molecule has 3 saturated heterocycles. The Kier molecular flexibility index (Phi) is 15.8. The molecule has 51 heavy (non-hydrogen) atoms. The molecular formula is C39H73NO11.